The number of rotatable bonds is 6. The summed E-state index contributed by atoms with van der Waals surface area (Å²) in [4.78, 5) is 12.4. The summed E-state index contributed by atoms with van der Waals surface area (Å²) in [5.74, 6) is 0.125. The third kappa shape index (κ3) is 4.70. The molecule has 1 atom stereocenters. The molecular weight excluding hydrogens is 294 g/mol. The molecule has 0 saturated carbocycles. The van der Waals surface area contributed by atoms with Gasteiger partial charge in [-0.3, -0.25) is 4.79 Å². The van der Waals surface area contributed by atoms with Gasteiger partial charge in [0.05, 0.1) is 6.04 Å². The van der Waals surface area contributed by atoms with Gasteiger partial charge in [-0.25, -0.2) is 0 Å². The monoisotopic (exact) mass is 323 g/mol. The van der Waals surface area contributed by atoms with Crippen molar-refractivity contribution in [3.63, 3.8) is 0 Å². The number of aryl methyl sites for hydroxylation is 5. The number of amides is 1. The van der Waals surface area contributed by atoms with Crippen molar-refractivity contribution in [2.24, 2.45) is 0 Å². The van der Waals surface area contributed by atoms with Crippen molar-refractivity contribution in [1.82, 2.24) is 5.32 Å². The summed E-state index contributed by atoms with van der Waals surface area (Å²) < 4.78 is 0. The molecule has 2 nitrogen and oxygen atoms in total. The molecular formula is C22H29NO. The van der Waals surface area contributed by atoms with Gasteiger partial charge in [0.15, 0.2) is 0 Å². The molecule has 0 aliphatic carbocycles. The van der Waals surface area contributed by atoms with Crippen LogP contribution in [0.15, 0.2) is 36.4 Å². The van der Waals surface area contributed by atoms with E-state index in [9.17, 15) is 4.79 Å². The SMILES string of the molecule is CC[C@@H](NC(=O)CCc1ccc(C)c(C)c1)c1ccc(C)cc1C. The number of hydrogen-bond donors (Lipinski definition) is 1. The third-order valence-electron chi connectivity index (χ3n) is 4.76. The van der Waals surface area contributed by atoms with Gasteiger partial charge in [0.2, 0.25) is 5.91 Å². The first-order valence-corrected chi connectivity index (χ1v) is 8.83. The summed E-state index contributed by atoms with van der Waals surface area (Å²) in [6, 6.07) is 13.0. The van der Waals surface area contributed by atoms with E-state index in [0.29, 0.717) is 6.42 Å². The Morgan fingerprint density at radius 1 is 0.958 bits per heavy atom. The minimum absolute atomic E-state index is 0.0952. The first-order valence-electron chi connectivity index (χ1n) is 8.83. The Bertz CT molecular complexity index is 718. The molecule has 2 aromatic rings. The molecule has 0 aliphatic rings. The predicted octanol–water partition coefficient (Wildman–Crippen LogP) is 5.12. The lowest BCUT2D eigenvalue weighted by Crippen LogP contribution is -2.28. The van der Waals surface area contributed by atoms with E-state index < -0.39 is 0 Å². The van der Waals surface area contributed by atoms with E-state index in [2.05, 4.69) is 76.3 Å². The van der Waals surface area contributed by atoms with Crippen LogP contribution in [0.5, 0.6) is 0 Å². The average molecular weight is 323 g/mol. The zero-order chi connectivity index (χ0) is 17.7. The fraction of sp³-hybridized carbons (Fsp3) is 0.409. The van der Waals surface area contributed by atoms with Gasteiger partial charge in [0, 0.05) is 6.42 Å². The van der Waals surface area contributed by atoms with Gasteiger partial charge >= 0.3 is 0 Å². The molecule has 2 heteroatoms. The van der Waals surface area contributed by atoms with Crippen molar-refractivity contribution < 1.29 is 4.79 Å². The Balaban J connectivity index is 1.97. The highest BCUT2D eigenvalue weighted by Crippen LogP contribution is 2.22. The molecule has 0 aromatic heterocycles. The molecule has 2 rings (SSSR count). The molecule has 0 aliphatic heterocycles. The molecule has 0 bridgehead atoms. The fourth-order valence-corrected chi connectivity index (χ4v) is 3.10. The van der Waals surface area contributed by atoms with E-state index in [1.807, 2.05) is 0 Å². The summed E-state index contributed by atoms with van der Waals surface area (Å²) in [5.41, 5.74) is 7.54. The first kappa shape index (κ1) is 18.3. The lowest BCUT2D eigenvalue weighted by molar-refractivity contribution is -0.121. The second kappa shape index (κ2) is 8.14. The van der Waals surface area contributed by atoms with Crippen molar-refractivity contribution >= 4 is 5.91 Å². The van der Waals surface area contributed by atoms with E-state index in [1.54, 1.807) is 0 Å². The van der Waals surface area contributed by atoms with Crippen molar-refractivity contribution in [3.8, 4) is 0 Å². The van der Waals surface area contributed by atoms with E-state index >= 15 is 0 Å². The highest BCUT2D eigenvalue weighted by Gasteiger charge is 2.14. The number of carbonyl (C=O) groups excluding carboxylic acids is 1. The number of benzene rings is 2. The molecule has 1 amide bonds. The maximum absolute atomic E-state index is 12.4. The van der Waals surface area contributed by atoms with Crippen molar-refractivity contribution in [3.05, 3.63) is 69.8 Å². The van der Waals surface area contributed by atoms with Crippen LogP contribution in [0.25, 0.3) is 0 Å². The number of carbonyl (C=O) groups is 1. The van der Waals surface area contributed by atoms with Crippen LogP contribution < -0.4 is 5.32 Å². The third-order valence-corrected chi connectivity index (χ3v) is 4.76. The first-order chi connectivity index (χ1) is 11.4. The fourth-order valence-electron chi connectivity index (χ4n) is 3.10. The topological polar surface area (TPSA) is 29.1 Å². The Hall–Kier alpha value is -2.09. The van der Waals surface area contributed by atoms with Crippen molar-refractivity contribution in [1.29, 1.82) is 0 Å². The molecule has 0 saturated heterocycles. The largest absolute Gasteiger partial charge is 0.349 e. The average Bonchev–Trinajstić information content (AvgIpc) is 2.54. The van der Waals surface area contributed by atoms with Crippen LogP contribution in [-0.4, -0.2) is 5.91 Å². The van der Waals surface area contributed by atoms with Crippen LogP contribution in [0, 0.1) is 27.7 Å². The molecule has 1 N–H and O–H groups in total. The van der Waals surface area contributed by atoms with Gasteiger partial charge in [0.25, 0.3) is 0 Å². The van der Waals surface area contributed by atoms with E-state index in [1.165, 1.54) is 33.4 Å². The zero-order valence-corrected chi connectivity index (χ0v) is 15.6. The summed E-state index contributed by atoms with van der Waals surface area (Å²) >= 11 is 0. The molecule has 0 unspecified atom stereocenters. The lowest BCUT2D eigenvalue weighted by atomic mass is 9.97. The van der Waals surface area contributed by atoms with Crippen molar-refractivity contribution in [2.75, 3.05) is 0 Å². The lowest BCUT2D eigenvalue weighted by Gasteiger charge is -2.20. The van der Waals surface area contributed by atoms with Gasteiger partial charge in [0.1, 0.15) is 0 Å². The summed E-state index contributed by atoms with van der Waals surface area (Å²) in [7, 11) is 0. The van der Waals surface area contributed by atoms with E-state index in [4.69, 9.17) is 0 Å². The Morgan fingerprint density at radius 2 is 1.71 bits per heavy atom. The summed E-state index contributed by atoms with van der Waals surface area (Å²) in [6.07, 6.45) is 2.22. The van der Waals surface area contributed by atoms with Gasteiger partial charge in [-0.15, -0.1) is 0 Å². The second-order valence-electron chi connectivity index (χ2n) is 6.81. The quantitative estimate of drug-likeness (QED) is 0.785. The molecule has 128 valence electrons. The molecule has 0 radical (unpaired) electrons. The van der Waals surface area contributed by atoms with Gasteiger partial charge in [-0.1, -0.05) is 48.9 Å². The van der Waals surface area contributed by atoms with Gasteiger partial charge < -0.3 is 5.32 Å². The van der Waals surface area contributed by atoms with Crippen LogP contribution in [0.2, 0.25) is 0 Å². The Morgan fingerprint density at radius 3 is 2.33 bits per heavy atom. The van der Waals surface area contributed by atoms with Gasteiger partial charge in [-0.2, -0.15) is 0 Å². The number of nitrogens with one attached hydrogen (secondary N) is 1. The second-order valence-corrected chi connectivity index (χ2v) is 6.81. The van der Waals surface area contributed by atoms with Crippen LogP contribution >= 0.6 is 0 Å². The Labute approximate surface area is 146 Å². The van der Waals surface area contributed by atoms with Crippen LogP contribution in [0.3, 0.4) is 0 Å². The highest BCUT2D eigenvalue weighted by molar-refractivity contribution is 5.76. The van der Waals surface area contributed by atoms with Crippen LogP contribution in [-0.2, 0) is 11.2 Å². The molecule has 2 aromatic carbocycles. The van der Waals surface area contributed by atoms with Crippen LogP contribution in [0.1, 0.15) is 59.2 Å². The molecule has 0 spiro atoms. The summed E-state index contributed by atoms with van der Waals surface area (Å²) in [5, 5.41) is 3.20. The minimum Gasteiger partial charge on any atom is -0.349 e. The minimum atomic E-state index is 0.0952. The zero-order valence-electron chi connectivity index (χ0n) is 15.6. The highest BCUT2D eigenvalue weighted by atomic mass is 16.1. The number of hydrogen-bond acceptors (Lipinski definition) is 1. The van der Waals surface area contributed by atoms with Crippen molar-refractivity contribution in [2.45, 2.75) is 59.9 Å². The summed E-state index contributed by atoms with van der Waals surface area (Å²) in [6.45, 7) is 10.6. The van der Waals surface area contributed by atoms with Gasteiger partial charge in [-0.05, 0) is 68.4 Å². The smallest absolute Gasteiger partial charge is 0.220 e. The molecule has 24 heavy (non-hydrogen) atoms. The maximum atomic E-state index is 12.4. The normalized spacial score (nSPS) is 12.0. The molecule has 0 heterocycles. The standard InChI is InChI=1S/C22H29NO/c1-6-21(20-11-7-15(2)13-18(20)5)23-22(24)12-10-19-9-8-16(3)17(4)14-19/h7-9,11,13-14,21H,6,10,12H2,1-5H3,(H,23,24)/t21-/m1/s1. The predicted molar refractivity (Wildman–Crippen MR) is 101 cm³/mol. The maximum Gasteiger partial charge on any atom is 0.220 e. The Kier molecular flexibility index (Phi) is 6.19. The van der Waals surface area contributed by atoms with E-state index in [-0.39, 0.29) is 11.9 Å². The molecule has 0 fully saturated rings. The van der Waals surface area contributed by atoms with Crippen LogP contribution in [0.4, 0.5) is 0 Å². The van der Waals surface area contributed by atoms with E-state index in [0.717, 1.165) is 12.8 Å².